The number of aliphatic hydroxyl groups excluding tert-OH is 1. The molecule has 2 nitrogen and oxygen atoms in total. The Labute approximate surface area is 118 Å². The highest BCUT2D eigenvalue weighted by molar-refractivity contribution is 5.55. The van der Waals surface area contributed by atoms with Gasteiger partial charge in [-0.1, -0.05) is 33.8 Å². The highest BCUT2D eigenvalue weighted by Crippen LogP contribution is 2.37. The van der Waals surface area contributed by atoms with Crippen molar-refractivity contribution in [3.8, 4) is 0 Å². The summed E-state index contributed by atoms with van der Waals surface area (Å²) in [7, 11) is 0. The van der Waals surface area contributed by atoms with Gasteiger partial charge in [-0.05, 0) is 29.5 Å². The lowest BCUT2D eigenvalue weighted by atomic mass is 9.86. The van der Waals surface area contributed by atoms with Crippen LogP contribution in [0, 0.1) is 0 Å². The van der Waals surface area contributed by atoms with Crippen molar-refractivity contribution in [3.05, 3.63) is 29.3 Å². The van der Waals surface area contributed by atoms with Crippen molar-refractivity contribution in [2.75, 3.05) is 11.9 Å². The van der Waals surface area contributed by atoms with Gasteiger partial charge in [-0.2, -0.15) is 13.2 Å². The van der Waals surface area contributed by atoms with Crippen molar-refractivity contribution in [3.63, 3.8) is 0 Å². The molecule has 0 aliphatic carbocycles. The zero-order chi connectivity index (χ0) is 15.6. The van der Waals surface area contributed by atoms with Gasteiger partial charge in [0.15, 0.2) is 0 Å². The molecule has 1 rings (SSSR count). The molecule has 1 aromatic rings. The maximum absolute atomic E-state index is 13.1. The zero-order valence-electron chi connectivity index (χ0n) is 12.3. The van der Waals surface area contributed by atoms with Gasteiger partial charge in [0.2, 0.25) is 0 Å². The Morgan fingerprint density at radius 1 is 1.20 bits per heavy atom. The smallest absolute Gasteiger partial charge is 0.391 e. The lowest BCUT2D eigenvalue weighted by molar-refractivity contribution is -0.137. The molecule has 0 spiro atoms. The van der Waals surface area contributed by atoms with Gasteiger partial charge in [-0.15, -0.1) is 0 Å². The van der Waals surface area contributed by atoms with Gasteiger partial charge in [0, 0.05) is 12.2 Å². The van der Waals surface area contributed by atoms with Crippen LogP contribution in [0.1, 0.15) is 45.2 Å². The van der Waals surface area contributed by atoms with Crippen molar-refractivity contribution < 1.29 is 18.3 Å². The van der Waals surface area contributed by atoms with Gasteiger partial charge in [0.1, 0.15) is 0 Å². The molecule has 5 heteroatoms. The van der Waals surface area contributed by atoms with Crippen LogP contribution in [0.3, 0.4) is 0 Å². The van der Waals surface area contributed by atoms with Crippen LogP contribution < -0.4 is 5.32 Å². The van der Waals surface area contributed by atoms with Crippen LogP contribution in [0.15, 0.2) is 18.2 Å². The SMILES string of the molecule is CCC(O)CNc1ccc(C(C)(C)C)cc1C(F)(F)F. The molecule has 20 heavy (non-hydrogen) atoms. The highest BCUT2D eigenvalue weighted by atomic mass is 19.4. The van der Waals surface area contributed by atoms with E-state index in [0.29, 0.717) is 12.0 Å². The second-order valence-electron chi connectivity index (χ2n) is 5.95. The number of anilines is 1. The van der Waals surface area contributed by atoms with Crippen LogP contribution in [0.4, 0.5) is 18.9 Å². The summed E-state index contributed by atoms with van der Waals surface area (Å²) in [6, 6.07) is 4.31. The molecule has 0 aliphatic rings. The normalized spacial score (nSPS) is 14.2. The number of benzene rings is 1. The maximum Gasteiger partial charge on any atom is 0.418 e. The largest absolute Gasteiger partial charge is 0.418 e. The molecule has 0 heterocycles. The van der Waals surface area contributed by atoms with E-state index in [-0.39, 0.29) is 17.6 Å². The average molecular weight is 289 g/mol. The molecule has 1 unspecified atom stereocenters. The number of rotatable bonds is 4. The third-order valence-electron chi connectivity index (χ3n) is 3.19. The van der Waals surface area contributed by atoms with E-state index in [9.17, 15) is 18.3 Å². The summed E-state index contributed by atoms with van der Waals surface area (Å²) in [5, 5.41) is 12.1. The number of alkyl halides is 3. The Hall–Kier alpha value is -1.23. The summed E-state index contributed by atoms with van der Waals surface area (Å²) in [6.07, 6.45) is -4.58. The standard InChI is InChI=1S/C15H22F3NO/c1-5-11(20)9-19-13-7-6-10(14(2,3)4)8-12(13)15(16,17)18/h6-8,11,19-20H,5,9H2,1-4H3. The predicted molar refractivity (Wildman–Crippen MR) is 74.9 cm³/mol. The van der Waals surface area contributed by atoms with E-state index in [1.807, 2.05) is 20.8 Å². The summed E-state index contributed by atoms with van der Waals surface area (Å²) in [6.45, 7) is 7.50. The van der Waals surface area contributed by atoms with Crippen LogP contribution in [0.5, 0.6) is 0 Å². The van der Waals surface area contributed by atoms with Crippen LogP contribution in [0.2, 0.25) is 0 Å². The van der Waals surface area contributed by atoms with Crippen molar-refractivity contribution >= 4 is 5.69 Å². The molecule has 2 N–H and O–H groups in total. The van der Waals surface area contributed by atoms with Gasteiger partial charge in [0.25, 0.3) is 0 Å². The fourth-order valence-corrected chi connectivity index (χ4v) is 1.77. The van der Waals surface area contributed by atoms with Gasteiger partial charge in [0.05, 0.1) is 11.7 Å². The van der Waals surface area contributed by atoms with E-state index >= 15 is 0 Å². The van der Waals surface area contributed by atoms with Crippen molar-refractivity contribution in [1.29, 1.82) is 0 Å². The van der Waals surface area contributed by atoms with Crippen molar-refractivity contribution in [2.45, 2.75) is 51.8 Å². The monoisotopic (exact) mass is 289 g/mol. The Balaban J connectivity index is 3.12. The minimum Gasteiger partial charge on any atom is -0.391 e. The van der Waals surface area contributed by atoms with E-state index in [1.54, 1.807) is 13.0 Å². The molecular weight excluding hydrogens is 267 g/mol. The molecule has 0 aliphatic heterocycles. The zero-order valence-corrected chi connectivity index (χ0v) is 12.3. The van der Waals surface area contributed by atoms with Crippen molar-refractivity contribution in [2.24, 2.45) is 0 Å². The van der Waals surface area contributed by atoms with E-state index in [2.05, 4.69) is 5.32 Å². The Morgan fingerprint density at radius 2 is 1.80 bits per heavy atom. The Morgan fingerprint density at radius 3 is 2.25 bits per heavy atom. The molecule has 0 radical (unpaired) electrons. The number of halogens is 3. The van der Waals surface area contributed by atoms with Crippen LogP contribution in [-0.2, 0) is 11.6 Å². The maximum atomic E-state index is 13.1. The van der Waals surface area contributed by atoms with Crippen LogP contribution in [-0.4, -0.2) is 17.8 Å². The third-order valence-corrected chi connectivity index (χ3v) is 3.19. The van der Waals surface area contributed by atoms with Crippen LogP contribution in [0.25, 0.3) is 0 Å². The van der Waals surface area contributed by atoms with Gasteiger partial charge < -0.3 is 10.4 Å². The van der Waals surface area contributed by atoms with E-state index in [1.165, 1.54) is 12.1 Å². The second kappa shape index (κ2) is 6.04. The van der Waals surface area contributed by atoms with Crippen LogP contribution >= 0.6 is 0 Å². The molecule has 0 saturated carbocycles. The Kier molecular flexibility index (Phi) is 5.08. The molecular formula is C15H22F3NO. The lowest BCUT2D eigenvalue weighted by Crippen LogP contribution is -2.21. The first-order valence-corrected chi connectivity index (χ1v) is 6.69. The summed E-state index contributed by atoms with van der Waals surface area (Å²) < 4.78 is 39.4. The summed E-state index contributed by atoms with van der Waals surface area (Å²) in [4.78, 5) is 0. The van der Waals surface area contributed by atoms with Crippen molar-refractivity contribution in [1.82, 2.24) is 0 Å². The fraction of sp³-hybridized carbons (Fsp3) is 0.600. The number of nitrogens with one attached hydrogen (secondary N) is 1. The first-order chi connectivity index (χ1) is 9.05. The van der Waals surface area contributed by atoms with Gasteiger partial charge in [-0.25, -0.2) is 0 Å². The predicted octanol–water partition coefficient (Wildman–Crippen LogP) is 4.19. The molecule has 114 valence electrons. The summed E-state index contributed by atoms with van der Waals surface area (Å²) >= 11 is 0. The molecule has 0 amide bonds. The molecule has 0 fully saturated rings. The number of aliphatic hydroxyl groups is 1. The minimum atomic E-state index is -4.42. The molecule has 0 bridgehead atoms. The average Bonchev–Trinajstić information content (AvgIpc) is 2.33. The van der Waals surface area contributed by atoms with E-state index < -0.39 is 17.8 Å². The molecule has 1 atom stereocenters. The van der Waals surface area contributed by atoms with Gasteiger partial charge >= 0.3 is 6.18 Å². The topological polar surface area (TPSA) is 32.3 Å². The first-order valence-electron chi connectivity index (χ1n) is 6.69. The lowest BCUT2D eigenvalue weighted by Gasteiger charge is -2.23. The second-order valence-corrected chi connectivity index (χ2v) is 5.95. The summed E-state index contributed by atoms with van der Waals surface area (Å²) in [5.74, 6) is 0. The highest BCUT2D eigenvalue weighted by Gasteiger charge is 2.34. The molecule has 1 aromatic carbocycles. The molecule has 0 aromatic heterocycles. The number of hydrogen-bond acceptors (Lipinski definition) is 2. The minimum absolute atomic E-state index is 0.0120. The Bertz CT molecular complexity index is 449. The third kappa shape index (κ3) is 4.40. The van der Waals surface area contributed by atoms with Gasteiger partial charge in [-0.3, -0.25) is 0 Å². The summed E-state index contributed by atoms with van der Waals surface area (Å²) in [5.41, 5.74) is -0.390. The van der Waals surface area contributed by atoms with E-state index in [0.717, 1.165) is 0 Å². The quantitative estimate of drug-likeness (QED) is 0.871. The molecule has 0 saturated heterocycles. The fourth-order valence-electron chi connectivity index (χ4n) is 1.77. The number of hydrogen-bond donors (Lipinski definition) is 2. The van der Waals surface area contributed by atoms with E-state index in [4.69, 9.17) is 0 Å². The first kappa shape index (κ1) is 16.8.